The molecule has 15 heteroatoms. The minimum Gasteiger partial charge on any atom is -0.370 e. The summed E-state index contributed by atoms with van der Waals surface area (Å²) in [4.78, 5) is 61.3. The molecule has 0 spiro atoms. The Balaban J connectivity index is 2.16. The van der Waals surface area contributed by atoms with Gasteiger partial charge in [-0.1, -0.05) is 68.4 Å². The van der Waals surface area contributed by atoms with E-state index in [4.69, 9.17) is 28.7 Å². The van der Waals surface area contributed by atoms with E-state index in [-0.39, 0.29) is 62.6 Å². The zero-order chi connectivity index (χ0) is 35.5. The summed E-state index contributed by atoms with van der Waals surface area (Å²) in [7, 11) is 0. The number of hydrogen-bond acceptors (Lipinski definition) is 7. The Labute approximate surface area is 281 Å². The lowest BCUT2D eigenvalue weighted by molar-refractivity contribution is -0.134. The summed E-state index contributed by atoms with van der Waals surface area (Å²) in [6.45, 7) is 4.69. The van der Waals surface area contributed by atoms with Crippen LogP contribution in [0.1, 0.15) is 56.2 Å². The average Bonchev–Trinajstić information content (AvgIpc) is 3.05. The van der Waals surface area contributed by atoms with E-state index >= 15 is 0 Å². The van der Waals surface area contributed by atoms with Gasteiger partial charge in [0.25, 0.3) is 0 Å². The lowest BCUT2D eigenvalue weighted by Gasteiger charge is -2.27. The number of aliphatic imine (C=N–C) groups is 2. The molecule has 14 N–H and O–H groups in total. The number of nitrogens with one attached hydrogen (secondary N) is 4. The standard InChI is InChI=1S/C33H51N11O4/c1-21(2)28(44-30(47)26(11-7-17-40-33(37)38)42-27(45)18-22-8-4-3-5-9-22)31(48)43-25(10-6-16-39-32(35)36)29(46)41-20-24-14-12-23(19-34)13-15-24/h3-5,8-9,12-15,21,25-26,28H,6-7,10-11,16-20,34H2,1-2H3,(H,41,46)(H,42,45)(H,43,48)(H,44,47)(H4,35,36,39)(H4,37,38,40)/t25-,26-,28-/m0/s1. The third kappa shape index (κ3) is 14.9. The fourth-order valence-electron chi connectivity index (χ4n) is 4.73. The first-order chi connectivity index (χ1) is 22.9. The SMILES string of the molecule is CC(C)[C@H](NC(=O)[C@H](CCCN=C(N)N)NC(=O)Cc1ccccc1)C(=O)N[C@@H](CCCN=C(N)N)C(=O)NCc1ccc(CN)cc1. The van der Waals surface area contributed by atoms with Crippen molar-refractivity contribution in [3.05, 3.63) is 71.3 Å². The van der Waals surface area contributed by atoms with Crippen LogP contribution in [0.5, 0.6) is 0 Å². The summed E-state index contributed by atoms with van der Waals surface area (Å²) in [6.07, 6.45) is 1.33. The van der Waals surface area contributed by atoms with Crippen molar-refractivity contribution in [2.24, 2.45) is 44.6 Å². The third-order valence-electron chi connectivity index (χ3n) is 7.36. The number of hydrogen-bond donors (Lipinski definition) is 9. The number of nitrogens with zero attached hydrogens (tertiary/aromatic N) is 2. The Kier molecular flexibility index (Phi) is 16.9. The van der Waals surface area contributed by atoms with E-state index in [1.807, 2.05) is 54.6 Å². The Morgan fingerprint density at radius 1 is 0.667 bits per heavy atom. The highest BCUT2D eigenvalue weighted by Gasteiger charge is 2.31. The molecule has 15 nitrogen and oxygen atoms in total. The zero-order valence-electron chi connectivity index (χ0n) is 27.8. The molecule has 0 bridgehead atoms. The number of rotatable bonds is 20. The van der Waals surface area contributed by atoms with Crippen LogP contribution in [0.2, 0.25) is 0 Å². The van der Waals surface area contributed by atoms with Gasteiger partial charge in [0.15, 0.2) is 11.9 Å². The van der Waals surface area contributed by atoms with Gasteiger partial charge in [-0.2, -0.15) is 0 Å². The van der Waals surface area contributed by atoms with Crippen molar-refractivity contribution >= 4 is 35.5 Å². The third-order valence-corrected chi connectivity index (χ3v) is 7.36. The molecule has 2 aromatic rings. The number of guanidine groups is 2. The van der Waals surface area contributed by atoms with Crippen LogP contribution in [0.15, 0.2) is 64.6 Å². The van der Waals surface area contributed by atoms with E-state index in [0.29, 0.717) is 19.4 Å². The smallest absolute Gasteiger partial charge is 0.243 e. The highest BCUT2D eigenvalue weighted by atomic mass is 16.2. The molecule has 0 saturated carbocycles. The van der Waals surface area contributed by atoms with Crippen LogP contribution in [-0.2, 0) is 38.7 Å². The van der Waals surface area contributed by atoms with Gasteiger partial charge >= 0.3 is 0 Å². The zero-order valence-corrected chi connectivity index (χ0v) is 27.8. The number of nitrogens with two attached hydrogens (primary N) is 5. The Bertz CT molecular complexity index is 1370. The maximum Gasteiger partial charge on any atom is 0.243 e. The average molecular weight is 666 g/mol. The topological polar surface area (TPSA) is 271 Å². The van der Waals surface area contributed by atoms with Gasteiger partial charge in [0.2, 0.25) is 23.6 Å². The van der Waals surface area contributed by atoms with Crippen molar-refractivity contribution in [2.75, 3.05) is 13.1 Å². The molecule has 0 fully saturated rings. The first kappa shape index (κ1) is 39.0. The van der Waals surface area contributed by atoms with Gasteiger partial charge < -0.3 is 49.9 Å². The molecular weight excluding hydrogens is 614 g/mol. The van der Waals surface area contributed by atoms with Crippen LogP contribution >= 0.6 is 0 Å². The molecule has 0 unspecified atom stereocenters. The molecular formula is C33H51N11O4. The summed E-state index contributed by atoms with van der Waals surface area (Å²) in [5, 5.41) is 11.2. The van der Waals surface area contributed by atoms with Gasteiger partial charge in [-0.3, -0.25) is 29.2 Å². The van der Waals surface area contributed by atoms with Crippen molar-refractivity contribution in [3.8, 4) is 0 Å². The van der Waals surface area contributed by atoms with Crippen LogP contribution < -0.4 is 49.9 Å². The predicted molar refractivity (Wildman–Crippen MR) is 187 cm³/mol. The van der Waals surface area contributed by atoms with Gasteiger partial charge in [0.1, 0.15) is 18.1 Å². The maximum atomic E-state index is 13.6. The number of carbonyl (C=O) groups is 4. The molecule has 48 heavy (non-hydrogen) atoms. The highest BCUT2D eigenvalue weighted by molar-refractivity contribution is 5.94. The molecule has 0 heterocycles. The molecule has 2 aromatic carbocycles. The van der Waals surface area contributed by atoms with Crippen molar-refractivity contribution in [1.29, 1.82) is 0 Å². The van der Waals surface area contributed by atoms with Crippen molar-refractivity contribution in [2.45, 2.75) is 77.2 Å². The maximum absolute atomic E-state index is 13.6. The summed E-state index contributed by atoms with van der Waals surface area (Å²) in [6, 6.07) is 13.7. The summed E-state index contributed by atoms with van der Waals surface area (Å²) in [5.74, 6) is -2.39. The number of amides is 4. The van der Waals surface area contributed by atoms with Crippen LogP contribution in [0.4, 0.5) is 0 Å². The van der Waals surface area contributed by atoms with Crippen LogP contribution in [0.25, 0.3) is 0 Å². The minimum atomic E-state index is -1.01. The monoisotopic (exact) mass is 665 g/mol. The van der Waals surface area contributed by atoms with Crippen molar-refractivity contribution < 1.29 is 19.2 Å². The predicted octanol–water partition coefficient (Wildman–Crippen LogP) is -0.778. The molecule has 3 atom stereocenters. The minimum absolute atomic E-state index is 0.0699. The summed E-state index contributed by atoms with van der Waals surface area (Å²) < 4.78 is 0. The Morgan fingerprint density at radius 2 is 1.21 bits per heavy atom. The van der Waals surface area contributed by atoms with Gasteiger partial charge in [0.05, 0.1) is 6.42 Å². The van der Waals surface area contributed by atoms with E-state index in [2.05, 4.69) is 31.3 Å². The molecule has 0 aromatic heterocycles. The van der Waals surface area contributed by atoms with Crippen LogP contribution in [-0.4, -0.2) is 66.8 Å². The van der Waals surface area contributed by atoms with Gasteiger partial charge in [-0.15, -0.1) is 0 Å². The highest BCUT2D eigenvalue weighted by Crippen LogP contribution is 2.09. The second kappa shape index (κ2) is 20.8. The second-order valence-electron chi connectivity index (χ2n) is 11.7. The molecule has 0 aliphatic carbocycles. The summed E-state index contributed by atoms with van der Waals surface area (Å²) >= 11 is 0. The van der Waals surface area contributed by atoms with E-state index in [1.165, 1.54) is 0 Å². The van der Waals surface area contributed by atoms with E-state index in [9.17, 15) is 19.2 Å². The van der Waals surface area contributed by atoms with Crippen LogP contribution in [0, 0.1) is 5.92 Å². The number of carbonyl (C=O) groups excluding carboxylic acids is 4. The Morgan fingerprint density at radius 3 is 1.73 bits per heavy atom. The molecule has 262 valence electrons. The Hall–Kier alpha value is -5.18. The molecule has 0 aliphatic heterocycles. The van der Waals surface area contributed by atoms with Gasteiger partial charge in [0, 0.05) is 26.2 Å². The van der Waals surface area contributed by atoms with Crippen molar-refractivity contribution in [3.63, 3.8) is 0 Å². The molecule has 4 amide bonds. The van der Waals surface area contributed by atoms with Crippen molar-refractivity contribution in [1.82, 2.24) is 21.3 Å². The first-order valence-electron chi connectivity index (χ1n) is 16.0. The largest absolute Gasteiger partial charge is 0.370 e. The van der Waals surface area contributed by atoms with E-state index < -0.39 is 35.8 Å². The molecule has 2 rings (SSSR count). The second-order valence-corrected chi connectivity index (χ2v) is 11.7. The quantitative estimate of drug-likeness (QED) is 0.0487. The number of benzene rings is 2. The molecule has 0 saturated heterocycles. The normalized spacial score (nSPS) is 12.6. The lowest BCUT2D eigenvalue weighted by Crippen LogP contribution is -2.58. The molecule has 0 radical (unpaired) electrons. The van der Waals surface area contributed by atoms with Gasteiger partial charge in [-0.05, 0) is 48.3 Å². The van der Waals surface area contributed by atoms with E-state index in [0.717, 1.165) is 16.7 Å². The summed E-state index contributed by atoms with van der Waals surface area (Å²) in [5.41, 5.74) is 30.0. The lowest BCUT2D eigenvalue weighted by atomic mass is 10.0. The first-order valence-corrected chi connectivity index (χ1v) is 16.0. The van der Waals surface area contributed by atoms with Crippen LogP contribution in [0.3, 0.4) is 0 Å². The fourth-order valence-corrected chi connectivity index (χ4v) is 4.73. The van der Waals surface area contributed by atoms with Gasteiger partial charge in [-0.25, -0.2) is 0 Å². The fraction of sp³-hybridized carbons (Fsp3) is 0.455. The van der Waals surface area contributed by atoms with E-state index in [1.54, 1.807) is 13.8 Å². The molecule has 0 aliphatic rings.